The topological polar surface area (TPSA) is 57.7 Å². The summed E-state index contributed by atoms with van der Waals surface area (Å²) >= 11 is 0. The molecule has 0 aliphatic carbocycles. The molecule has 31 heavy (non-hydrogen) atoms. The van der Waals surface area contributed by atoms with Crippen molar-refractivity contribution in [1.82, 2.24) is 9.80 Å². The van der Waals surface area contributed by atoms with Crippen molar-refractivity contribution in [3.05, 3.63) is 71.8 Å². The molecule has 2 saturated heterocycles. The van der Waals surface area contributed by atoms with Crippen molar-refractivity contribution >= 4 is 17.6 Å². The van der Waals surface area contributed by atoms with Crippen molar-refractivity contribution in [3.63, 3.8) is 0 Å². The molecule has 2 aromatic carbocycles. The van der Waals surface area contributed by atoms with Gasteiger partial charge in [-0.15, -0.1) is 0 Å². The molecular weight excluding hydrogens is 388 g/mol. The van der Waals surface area contributed by atoms with Gasteiger partial charge in [-0.1, -0.05) is 60.7 Å². The summed E-state index contributed by atoms with van der Waals surface area (Å²) in [5.41, 5.74) is 1.76. The van der Waals surface area contributed by atoms with E-state index in [-0.39, 0.29) is 29.4 Å². The van der Waals surface area contributed by atoms with Crippen molar-refractivity contribution in [1.29, 1.82) is 0 Å². The van der Waals surface area contributed by atoms with E-state index in [4.69, 9.17) is 0 Å². The summed E-state index contributed by atoms with van der Waals surface area (Å²) in [6, 6.07) is 19.2. The molecule has 2 aliphatic heterocycles. The second-order valence-corrected chi connectivity index (χ2v) is 8.67. The first-order valence-electron chi connectivity index (χ1n) is 11.3. The maximum atomic E-state index is 13.1. The number of amides is 2. The molecule has 0 aromatic heterocycles. The zero-order chi connectivity index (χ0) is 21.6. The normalized spacial score (nSPS) is 19.8. The minimum atomic E-state index is -0.130. The van der Waals surface area contributed by atoms with Gasteiger partial charge in [0, 0.05) is 37.7 Å². The number of carbonyl (C=O) groups is 3. The standard InChI is InChI=1S/C26H30N2O3/c29-24(18-20-8-3-1-4-9-20)28-15-7-12-23(19-28)26(31)27-16-13-22(14-17-27)25(30)21-10-5-2-6-11-21/h1-6,8-11,22-23H,7,12-19H2/t23-/m1/s1. The lowest BCUT2D eigenvalue weighted by Crippen LogP contribution is -2.49. The van der Waals surface area contributed by atoms with Crippen LogP contribution in [0.5, 0.6) is 0 Å². The van der Waals surface area contributed by atoms with Gasteiger partial charge in [0.05, 0.1) is 12.3 Å². The van der Waals surface area contributed by atoms with Crippen LogP contribution in [0.15, 0.2) is 60.7 Å². The highest BCUT2D eigenvalue weighted by atomic mass is 16.2. The number of hydrogen-bond acceptors (Lipinski definition) is 3. The Hall–Kier alpha value is -2.95. The Morgan fingerprint density at radius 3 is 2.06 bits per heavy atom. The van der Waals surface area contributed by atoms with Gasteiger partial charge >= 0.3 is 0 Å². The highest BCUT2D eigenvalue weighted by molar-refractivity contribution is 5.98. The zero-order valence-corrected chi connectivity index (χ0v) is 17.9. The Kier molecular flexibility index (Phi) is 6.80. The lowest BCUT2D eigenvalue weighted by Gasteiger charge is -2.37. The molecule has 4 rings (SSSR count). The average Bonchev–Trinajstić information content (AvgIpc) is 2.84. The van der Waals surface area contributed by atoms with Gasteiger partial charge in [-0.2, -0.15) is 0 Å². The molecule has 0 N–H and O–H groups in total. The van der Waals surface area contributed by atoms with Crippen molar-refractivity contribution < 1.29 is 14.4 Å². The molecule has 2 heterocycles. The third-order valence-electron chi connectivity index (χ3n) is 6.56. The van der Waals surface area contributed by atoms with Crippen LogP contribution >= 0.6 is 0 Å². The lowest BCUT2D eigenvalue weighted by molar-refractivity contribution is -0.141. The number of nitrogens with zero attached hydrogens (tertiary/aromatic N) is 2. The minimum Gasteiger partial charge on any atom is -0.342 e. The van der Waals surface area contributed by atoms with Crippen LogP contribution < -0.4 is 0 Å². The van der Waals surface area contributed by atoms with E-state index < -0.39 is 0 Å². The highest BCUT2D eigenvalue weighted by Gasteiger charge is 2.34. The molecular formula is C26H30N2O3. The molecule has 0 unspecified atom stereocenters. The third-order valence-corrected chi connectivity index (χ3v) is 6.56. The molecule has 0 radical (unpaired) electrons. The van der Waals surface area contributed by atoms with Gasteiger partial charge < -0.3 is 9.80 Å². The molecule has 5 nitrogen and oxygen atoms in total. The molecule has 5 heteroatoms. The molecule has 1 atom stereocenters. The van der Waals surface area contributed by atoms with E-state index in [2.05, 4.69) is 0 Å². The number of ketones is 1. The fourth-order valence-corrected chi connectivity index (χ4v) is 4.75. The van der Waals surface area contributed by atoms with Gasteiger partial charge in [0.25, 0.3) is 0 Å². The predicted molar refractivity (Wildman–Crippen MR) is 120 cm³/mol. The number of hydrogen-bond donors (Lipinski definition) is 0. The SMILES string of the molecule is O=C(c1ccccc1)C1CCN(C(=O)[C@@H]2CCCN(C(=O)Cc3ccccc3)C2)CC1. The summed E-state index contributed by atoms with van der Waals surface area (Å²) in [4.78, 5) is 42.3. The number of piperidine rings is 2. The molecule has 0 bridgehead atoms. The highest BCUT2D eigenvalue weighted by Crippen LogP contribution is 2.25. The summed E-state index contributed by atoms with van der Waals surface area (Å²) in [7, 11) is 0. The smallest absolute Gasteiger partial charge is 0.227 e. The Balaban J connectivity index is 1.29. The molecule has 0 spiro atoms. The van der Waals surface area contributed by atoms with E-state index in [1.165, 1.54) is 0 Å². The maximum Gasteiger partial charge on any atom is 0.227 e. The first kappa shape index (κ1) is 21.3. The lowest BCUT2D eigenvalue weighted by atomic mass is 9.88. The van der Waals surface area contributed by atoms with Crippen LogP contribution in [0.25, 0.3) is 0 Å². The number of rotatable bonds is 5. The van der Waals surface area contributed by atoms with Gasteiger partial charge in [0.1, 0.15) is 0 Å². The van der Waals surface area contributed by atoms with Gasteiger partial charge in [-0.05, 0) is 31.2 Å². The molecule has 2 aliphatic rings. The Morgan fingerprint density at radius 1 is 0.742 bits per heavy atom. The van der Waals surface area contributed by atoms with Crippen LogP contribution in [-0.4, -0.2) is 53.6 Å². The van der Waals surface area contributed by atoms with E-state index in [0.717, 1.165) is 30.5 Å². The van der Waals surface area contributed by atoms with Crippen molar-refractivity contribution in [2.75, 3.05) is 26.2 Å². The average molecular weight is 419 g/mol. The number of Topliss-reactive ketones (excluding diaryl/α,β-unsaturated/α-hetero) is 1. The van der Waals surface area contributed by atoms with Gasteiger partial charge in [-0.3, -0.25) is 14.4 Å². The molecule has 2 aromatic rings. The molecule has 0 saturated carbocycles. The van der Waals surface area contributed by atoms with E-state index >= 15 is 0 Å². The summed E-state index contributed by atoms with van der Waals surface area (Å²) in [5, 5.41) is 0. The first-order chi connectivity index (χ1) is 15.1. The second kappa shape index (κ2) is 9.90. The van der Waals surface area contributed by atoms with Gasteiger partial charge in [0.15, 0.2) is 5.78 Å². The Bertz CT molecular complexity index is 905. The fourth-order valence-electron chi connectivity index (χ4n) is 4.75. The second-order valence-electron chi connectivity index (χ2n) is 8.67. The van der Waals surface area contributed by atoms with Crippen LogP contribution in [0.2, 0.25) is 0 Å². The van der Waals surface area contributed by atoms with Crippen LogP contribution in [0.1, 0.15) is 41.6 Å². The zero-order valence-electron chi connectivity index (χ0n) is 17.9. The first-order valence-corrected chi connectivity index (χ1v) is 11.3. The molecule has 162 valence electrons. The van der Waals surface area contributed by atoms with E-state index in [9.17, 15) is 14.4 Å². The molecule has 2 amide bonds. The van der Waals surface area contributed by atoms with Gasteiger partial charge in [0.2, 0.25) is 11.8 Å². The van der Waals surface area contributed by atoms with Gasteiger partial charge in [-0.25, -0.2) is 0 Å². The van der Waals surface area contributed by atoms with E-state index in [1.807, 2.05) is 70.5 Å². The summed E-state index contributed by atoms with van der Waals surface area (Å²) < 4.78 is 0. The summed E-state index contributed by atoms with van der Waals surface area (Å²) in [6.45, 7) is 2.48. The Morgan fingerprint density at radius 2 is 1.39 bits per heavy atom. The maximum absolute atomic E-state index is 13.1. The van der Waals surface area contributed by atoms with Crippen LogP contribution in [-0.2, 0) is 16.0 Å². The summed E-state index contributed by atoms with van der Waals surface area (Å²) in [5.74, 6) is 0.276. The number of carbonyl (C=O) groups excluding carboxylic acids is 3. The third kappa shape index (κ3) is 5.22. The summed E-state index contributed by atoms with van der Waals surface area (Å²) in [6.07, 6.45) is 3.50. The predicted octanol–water partition coefficient (Wildman–Crippen LogP) is 3.59. The fraction of sp³-hybridized carbons (Fsp3) is 0.423. The van der Waals surface area contributed by atoms with Crippen LogP contribution in [0.4, 0.5) is 0 Å². The van der Waals surface area contributed by atoms with Crippen molar-refractivity contribution in [2.45, 2.75) is 32.1 Å². The largest absolute Gasteiger partial charge is 0.342 e. The van der Waals surface area contributed by atoms with E-state index in [1.54, 1.807) is 0 Å². The minimum absolute atomic E-state index is 0.0123. The van der Waals surface area contributed by atoms with Crippen LogP contribution in [0, 0.1) is 11.8 Å². The van der Waals surface area contributed by atoms with Crippen molar-refractivity contribution in [2.24, 2.45) is 11.8 Å². The monoisotopic (exact) mass is 418 g/mol. The van der Waals surface area contributed by atoms with Crippen LogP contribution in [0.3, 0.4) is 0 Å². The van der Waals surface area contributed by atoms with E-state index in [0.29, 0.717) is 38.9 Å². The number of benzene rings is 2. The Labute approximate surface area is 184 Å². The molecule has 2 fully saturated rings. The van der Waals surface area contributed by atoms with Crippen molar-refractivity contribution in [3.8, 4) is 0 Å². The quantitative estimate of drug-likeness (QED) is 0.698. The number of likely N-dealkylation sites (tertiary alicyclic amines) is 2.